The van der Waals surface area contributed by atoms with Crippen molar-refractivity contribution in [1.29, 1.82) is 0 Å². The van der Waals surface area contributed by atoms with E-state index in [2.05, 4.69) is 24.0 Å². The molecule has 0 saturated heterocycles. The lowest BCUT2D eigenvalue weighted by molar-refractivity contribution is 0.477. The van der Waals surface area contributed by atoms with Crippen LogP contribution in [-0.4, -0.2) is 11.9 Å². The number of amidine groups is 1. The zero-order valence-corrected chi connectivity index (χ0v) is 11.4. The minimum atomic E-state index is 0.409. The maximum atomic E-state index is 6.00. The normalized spacial score (nSPS) is 19.9. The topological polar surface area (TPSA) is 24.8 Å². The van der Waals surface area contributed by atoms with Crippen LogP contribution in [0, 0.1) is 0 Å². The zero-order valence-electron chi connectivity index (χ0n) is 11.4. The van der Waals surface area contributed by atoms with Gasteiger partial charge in [-0.2, -0.15) is 0 Å². The second-order valence-corrected chi connectivity index (χ2v) is 5.31. The first-order valence-electron chi connectivity index (χ1n) is 7.05. The molecule has 2 aliphatic heterocycles. The van der Waals surface area contributed by atoms with Crippen LogP contribution < -0.4 is 9.64 Å². The molecule has 1 unspecified atom stereocenters. The Morgan fingerprint density at radius 2 is 1.60 bits per heavy atom. The standard InChI is InChI=1S/C17H16N2O/c1-12-10-11-17(18-12)19-13-6-2-4-8-15(13)20-16-9-5-3-7-14(16)19/h2-9,12H,10-11H2,1H3. The predicted octanol–water partition coefficient (Wildman–Crippen LogP) is 4.51. The molecule has 2 aromatic rings. The highest BCUT2D eigenvalue weighted by atomic mass is 16.5. The number of para-hydroxylation sites is 4. The van der Waals surface area contributed by atoms with Crippen molar-refractivity contribution in [3.63, 3.8) is 0 Å². The van der Waals surface area contributed by atoms with Crippen molar-refractivity contribution in [3.8, 4) is 11.5 Å². The number of benzene rings is 2. The van der Waals surface area contributed by atoms with Gasteiger partial charge in [-0.3, -0.25) is 9.89 Å². The third-order valence-corrected chi connectivity index (χ3v) is 3.85. The summed E-state index contributed by atoms with van der Waals surface area (Å²) < 4.78 is 6.00. The summed E-state index contributed by atoms with van der Waals surface area (Å²) in [4.78, 5) is 7.04. The molecule has 0 saturated carbocycles. The van der Waals surface area contributed by atoms with Crippen molar-refractivity contribution in [2.75, 3.05) is 4.90 Å². The van der Waals surface area contributed by atoms with Crippen molar-refractivity contribution in [2.45, 2.75) is 25.8 Å². The summed E-state index contributed by atoms with van der Waals surface area (Å²) >= 11 is 0. The Bertz CT molecular complexity index is 647. The molecule has 0 bridgehead atoms. The van der Waals surface area contributed by atoms with Gasteiger partial charge in [0, 0.05) is 12.5 Å². The van der Waals surface area contributed by atoms with Crippen LogP contribution in [-0.2, 0) is 0 Å². The molecule has 0 radical (unpaired) electrons. The highest BCUT2D eigenvalue weighted by Crippen LogP contribution is 2.47. The number of fused-ring (bicyclic) bond motifs is 2. The van der Waals surface area contributed by atoms with Crippen LogP contribution in [0.2, 0.25) is 0 Å². The number of anilines is 2. The van der Waals surface area contributed by atoms with Crippen molar-refractivity contribution < 1.29 is 4.74 Å². The molecule has 0 N–H and O–H groups in total. The zero-order chi connectivity index (χ0) is 13.5. The van der Waals surface area contributed by atoms with Gasteiger partial charge in [-0.05, 0) is 37.6 Å². The van der Waals surface area contributed by atoms with Gasteiger partial charge < -0.3 is 4.74 Å². The van der Waals surface area contributed by atoms with Crippen LogP contribution in [0.3, 0.4) is 0 Å². The number of aliphatic imine (C=N–C) groups is 1. The number of rotatable bonds is 0. The van der Waals surface area contributed by atoms with Gasteiger partial charge in [-0.15, -0.1) is 0 Å². The van der Waals surface area contributed by atoms with E-state index in [0.717, 1.165) is 41.6 Å². The summed E-state index contributed by atoms with van der Waals surface area (Å²) in [5, 5.41) is 0. The Labute approximate surface area is 118 Å². The molecule has 0 spiro atoms. The SMILES string of the molecule is CC1CCC(N2c3ccccc3Oc3ccccc32)=N1. The van der Waals surface area contributed by atoms with Crippen molar-refractivity contribution >= 4 is 17.2 Å². The molecule has 3 nitrogen and oxygen atoms in total. The predicted molar refractivity (Wildman–Crippen MR) is 81.2 cm³/mol. The van der Waals surface area contributed by atoms with Gasteiger partial charge in [0.05, 0.1) is 11.4 Å². The quantitative estimate of drug-likeness (QED) is 0.699. The van der Waals surface area contributed by atoms with Crippen LogP contribution in [0.15, 0.2) is 53.5 Å². The molecule has 3 heteroatoms. The molecule has 0 aliphatic carbocycles. The fraction of sp³-hybridized carbons (Fsp3) is 0.235. The minimum Gasteiger partial charge on any atom is -0.453 e. The van der Waals surface area contributed by atoms with E-state index in [1.807, 2.05) is 36.4 Å². The van der Waals surface area contributed by atoms with E-state index in [1.54, 1.807) is 0 Å². The van der Waals surface area contributed by atoms with Crippen molar-refractivity contribution in [2.24, 2.45) is 4.99 Å². The van der Waals surface area contributed by atoms with Gasteiger partial charge in [0.25, 0.3) is 0 Å². The third kappa shape index (κ3) is 1.70. The fourth-order valence-corrected chi connectivity index (χ4v) is 2.87. The van der Waals surface area contributed by atoms with E-state index < -0.39 is 0 Å². The van der Waals surface area contributed by atoms with E-state index in [9.17, 15) is 0 Å². The van der Waals surface area contributed by atoms with E-state index in [-0.39, 0.29) is 0 Å². The smallest absolute Gasteiger partial charge is 0.151 e. The molecule has 2 aromatic carbocycles. The van der Waals surface area contributed by atoms with Crippen LogP contribution in [0.1, 0.15) is 19.8 Å². The molecule has 0 aromatic heterocycles. The Balaban J connectivity index is 1.91. The molecule has 0 fully saturated rings. The minimum absolute atomic E-state index is 0.409. The second-order valence-electron chi connectivity index (χ2n) is 5.31. The number of ether oxygens (including phenoxy) is 1. The fourth-order valence-electron chi connectivity index (χ4n) is 2.87. The third-order valence-electron chi connectivity index (χ3n) is 3.85. The van der Waals surface area contributed by atoms with Crippen LogP contribution in [0.5, 0.6) is 11.5 Å². The molecule has 20 heavy (non-hydrogen) atoms. The monoisotopic (exact) mass is 264 g/mol. The van der Waals surface area contributed by atoms with Crippen molar-refractivity contribution in [3.05, 3.63) is 48.5 Å². The highest BCUT2D eigenvalue weighted by molar-refractivity contribution is 6.08. The first-order chi connectivity index (χ1) is 9.83. The van der Waals surface area contributed by atoms with Crippen LogP contribution >= 0.6 is 0 Å². The maximum absolute atomic E-state index is 6.00. The van der Waals surface area contributed by atoms with E-state index in [0.29, 0.717) is 6.04 Å². The summed E-state index contributed by atoms with van der Waals surface area (Å²) in [6, 6.07) is 16.7. The number of nitrogens with zero attached hydrogens (tertiary/aromatic N) is 2. The summed E-state index contributed by atoms with van der Waals surface area (Å²) in [6.45, 7) is 2.17. The van der Waals surface area contributed by atoms with E-state index >= 15 is 0 Å². The maximum Gasteiger partial charge on any atom is 0.151 e. The summed E-state index contributed by atoms with van der Waals surface area (Å²) in [7, 11) is 0. The first-order valence-corrected chi connectivity index (χ1v) is 7.05. The van der Waals surface area contributed by atoms with E-state index in [4.69, 9.17) is 9.73 Å². The van der Waals surface area contributed by atoms with Crippen LogP contribution in [0.4, 0.5) is 11.4 Å². The lowest BCUT2D eigenvalue weighted by atomic mass is 10.1. The summed E-state index contributed by atoms with van der Waals surface area (Å²) in [5.74, 6) is 2.93. The Morgan fingerprint density at radius 1 is 1.00 bits per heavy atom. The lowest BCUT2D eigenvalue weighted by Gasteiger charge is -2.32. The average Bonchev–Trinajstić information content (AvgIpc) is 2.91. The molecule has 1 atom stereocenters. The number of hydrogen-bond acceptors (Lipinski definition) is 3. The second kappa shape index (κ2) is 4.37. The Hall–Kier alpha value is -2.29. The number of hydrogen-bond donors (Lipinski definition) is 0. The first kappa shape index (κ1) is 11.5. The van der Waals surface area contributed by atoms with Gasteiger partial charge >= 0.3 is 0 Å². The summed E-state index contributed by atoms with van der Waals surface area (Å²) in [5.41, 5.74) is 2.16. The molecule has 2 heterocycles. The highest BCUT2D eigenvalue weighted by Gasteiger charge is 2.29. The van der Waals surface area contributed by atoms with Crippen LogP contribution in [0.25, 0.3) is 0 Å². The van der Waals surface area contributed by atoms with Gasteiger partial charge in [0.2, 0.25) is 0 Å². The Morgan fingerprint density at radius 3 is 2.15 bits per heavy atom. The lowest BCUT2D eigenvalue weighted by Crippen LogP contribution is -2.27. The summed E-state index contributed by atoms with van der Waals surface area (Å²) in [6.07, 6.45) is 2.14. The molecule has 2 aliphatic rings. The largest absolute Gasteiger partial charge is 0.453 e. The van der Waals surface area contributed by atoms with E-state index in [1.165, 1.54) is 0 Å². The van der Waals surface area contributed by atoms with Gasteiger partial charge in [-0.25, -0.2) is 0 Å². The van der Waals surface area contributed by atoms with Crippen molar-refractivity contribution in [1.82, 2.24) is 0 Å². The molecular formula is C17H16N2O. The molecule has 100 valence electrons. The molecular weight excluding hydrogens is 248 g/mol. The van der Waals surface area contributed by atoms with Gasteiger partial charge in [0.1, 0.15) is 5.84 Å². The average molecular weight is 264 g/mol. The molecule has 4 rings (SSSR count). The Kier molecular flexibility index (Phi) is 2.52. The van der Waals surface area contributed by atoms with Gasteiger partial charge in [0.15, 0.2) is 11.5 Å². The molecule has 0 amide bonds. The van der Waals surface area contributed by atoms with Gasteiger partial charge in [-0.1, -0.05) is 24.3 Å².